The molecule has 0 radical (unpaired) electrons. The largest absolute Gasteiger partial charge is 0.321 e. The molecule has 2 nitrogen and oxygen atoms in total. The zero-order valence-electron chi connectivity index (χ0n) is 25.3. The van der Waals surface area contributed by atoms with E-state index in [1.54, 1.807) is 0 Å². The van der Waals surface area contributed by atoms with Gasteiger partial charge in [-0.1, -0.05) is 131 Å². The molecule has 0 bridgehead atoms. The summed E-state index contributed by atoms with van der Waals surface area (Å²) in [6.07, 6.45) is 0. The minimum absolute atomic E-state index is 0.0104. The van der Waals surface area contributed by atoms with E-state index in [1.807, 2.05) is 9.80 Å². The zero-order chi connectivity index (χ0) is 29.4. The van der Waals surface area contributed by atoms with Crippen molar-refractivity contribution in [3.8, 4) is 0 Å². The van der Waals surface area contributed by atoms with Gasteiger partial charge < -0.3 is 9.80 Å². The van der Waals surface area contributed by atoms with Crippen molar-refractivity contribution in [3.05, 3.63) is 58.7 Å². The van der Waals surface area contributed by atoms with Gasteiger partial charge >= 0.3 is 0 Å². The van der Waals surface area contributed by atoms with Crippen LogP contribution in [0.2, 0.25) is 0 Å². The smallest absolute Gasteiger partial charge is 0.174 e. The minimum atomic E-state index is -0.0897. The molecular weight excluding hydrogens is 547 g/mol. The van der Waals surface area contributed by atoms with Gasteiger partial charge in [-0.15, -0.1) is 0 Å². The van der Waals surface area contributed by atoms with Crippen molar-refractivity contribution in [2.75, 3.05) is 22.9 Å². The fourth-order valence-corrected chi connectivity index (χ4v) is 5.25. The van der Waals surface area contributed by atoms with E-state index in [0.717, 1.165) is 11.4 Å². The van der Waals surface area contributed by atoms with Crippen molar-refractivity contribution in [3.63, 3.8) is 0 Å². The van der Waals surface area contributed by atoms with Crippen LogP contribution in [0.25, 0.3) is 0 Å². The summed E-state index contributed by atoms with van der Waals surface area (Å²) in [7, 11) is 0. The molecule has 0 amide bonds. The van der Waals surface area contributed by atoms with Crippen molar-refractivity contribution < 1.29 is 0 Å². The summed E-state index contributed by atoms with van der Waals surface area (Å²) in [6.45, 7) is 27.7. The zero-order valence-corrected chi connectivity index (χ0v) is 28.5. The molecule has 0 saturated heterocycles. The molecule has 0 N–H and O–H groups in total. The first kappa shape index (κ1) is 33.0. The lowest BCUT2D eigenvalue weighted by molar-refractivity contribution is 0.575. The second-order valence-electron chi connectivity index (χ2n) is 14.3. The highest BCUT2D eigenvalue weighted by molar-refractivity contribution is 7.83. The molecule has 0 aromatic heterocycles. The third-order valence-electron chi connectivity index (χ3n) is 6.90. The van der Waals surface area contributed by atoms with E-state index in [9.17, 15) is 0 Å². The van der Waals surface area contributed by atoms with E-state index in [4.69, 9.17) is 47.6 Å². The second kappa shape index (κ2) is 11.7. The predicted octanol–water partition coefficient (Wildman–Crippen LogP) is 10.2. The summed E-state index contributed by atoms with van der Waals surface area (Å²) in [6, 6.07) is 13.3. The number of hydrogen-bond acceptors (Lipinski definition) is 2. The van der Waals surface area contributed by atoms with Crippen LogP contribution < -0.4 is 9.80 Å². The van der Waals surface area contributed by atoms with E-state index in [0.29, 0.717) is 22.0 Å². The number of halogens is 2. The normalized spacial score (nSPS) is 12.9. The SMILES string of the molecule is CC(C)(C)c1ccc(C(C)(C)C)c(N(CCN(C(=S)Cl)c2cc(C(C)(C)C)ccc2C(C)(C)C)C(=S)Cl)c1. The maximum Gasteiger partial charge on any atom is 0.174 e. The molecule has 0 spiro atoms. The molecule has 0 aliphatic heterocycles. The van der Waals surface area contributed by atoms with Crippen LogP contribution in [0.4, 0.5) is 11.4 Å². The number of hydrogen-bond donors (Lipinski definition) is 0. The quantitative estimate of drug-likeness (QED) is 0.193. The third kappa shape index (κ3) is 8.16. The van der Waals surface area contributed by atoms with E-state index < -0.39 is 0 Å². The van der Waals surface area contributed by atoms with Gasteiger partial charge in [-0.05, 0) is 80.5 Å². The van der Waals surface area contributed by atoms with Crippen LogP contribution in [0, 0.1) is 0 Å². The van der Waals surface area contributed by atoms with Gasteiger partial charge in [0.2, 0.25) is 0 Å². The van der Waals surface area contributed by atoms with Gasteiger partial charge in [0, 0.05) is 24.5 Å². The molecule has 0 unspecified atom stereocenters. The molecule has 0 aliphatic rings. The Bertz CT molecular complexity index is 1080. The second-order valence-corrected chi connectivity index (χ2v) is 16.2. The number of thiocarbonyl (C=S) groups is 2. The highest BCUT2D eigenvalue weighted by atomic mass is 35.5. The number of anilines is 2. The number of nitrogens with zero attached hydrogens (tertiary/aromatic N) is 2. The van der Waals surface area contributed by atoms with Crippen LogP contribution >= 0.6 is 47.6 Å². The van der Waals surface area contributed by atoms with Gasteiger partial charge in [0.05, 0.1) is 0 Å². The number of rotatable bonds is 5. The topological polar surface area (TPSA) is 6.48 Å². The van der Waals surface area contributed by atoms with Gasteiger partial charge in [0.25, 0.3) is 0 Å². The van der Waals surface area contributed by atoms with Crippen LogP contribution in [0.1, 0.15) is 105 Å². The Kier molecular flexibility index (Phi) is 10.2. The van der Waals surface area contributed by atoms with Gasteiger partial charge in [-0.25, -0.2) is 0 Å². The predicted molar refractivity (Wildman–Crippen MR) is 179 cm³/mol. The fraction of sp³-hybridized carbons (Fsp3) is 0.562. The Balaban J connectivity index is 2.65. The maximum absolute atomic E-state index is 6.64. The van der Waals surface area contributed by atoms with Gasteiger partial charge in [0.15, 0.2) is 8.90 Å². The first-order valence-corrected chi connectivity index (χ1v) is 14.9. The average molecular weight is 594 g/mol. The summed E-state index contributed by atoms with van der Waals surface area (Å²) >= 11 is 24.5. The van der Waals surface area contributed by atoms with E-state index >= 15 is 0 Å². The van der Waals surface area contributed by atoms with Crippen molar-refractivity contribution in [1.29, 1.82) is 0 Å². The Hall–Kier alpha value is -1.20. The van der Waals surface area contributed by atoms with E-state index in [2.05, 4.69) is 119 Å². The summed E-state index contributed by atoms with van der Waals surface area (Å²) in [5, 5.41) is 0. The molecule has 2 aromatic rings. The standard InChI is InChI=1S/C32H46Cl2N2S2/c1-29(2,3)21-13-15-23(31(7,8)9)25(19-21)35(27(33)37)17-18-36(28(34)38)26-20-22(30(4,5)6)14-16-24(26)32(10,11)12/h13-16,19-20H,17-18H2,1-12H3. The summed E-state index contributed by atoms with van der Waals surface area (Å²) in [5.41, 5.74) is 6.72. The monoisotopic (exact) mass is 592 g/mol. The third-order valence-corrected chi connectivity index (χ3v) is 7.75. The molecule has 2 aromatic carbocycles. The van der Waals surface area contributed by atoms with Gasteiger partial charge in [-0.2, -0.15) is 0 Å². The molecule has 210 valence electrons. The Morgan fingerprint density at radius 2 is 0.842 bits per heavy atom. The van der Waals surface area contributed by atoms with E-state index in [1.165, 1.54) is 22.3 Å². The van der Waals surface area contributed by atoms with Crippen LogP contribution in [0.3, 0.4) is 0 Å². The van der Waals surface area contributed by atoms with Crippen molar-refractivity contribution >= 4 is 67.9 Å². The maximum atomic E-state index is 6.64. The molecule has 2 rings (SSSR count). The lowest BCUT2D eigenvalue weighted by atomic mass is 9.80. The molecular formula is C32H46Cl2N2S2. The van der Waals surface area contributed by atoms with Crippen molar-refractivity contribution in [2.45, 2.75) is 105 Å². The first-order chi connectivity index (χ1) is 17.0. The number of benzene rings is 2. The molecule has 0 fully saturated rings. The van der Waals surface area contributed by atoms with Crippen molar-refractivity contribution in [2.24, 2.45) is 0 Å². The fourth-order valence-electron chi connectivity index (χ4n) is 4.52. The Labute approximate surface area is 253 Å². The van der Waals surface area contributed by atoms with Gasteiger partial charge in [0.1, 0.15) is 0 Å². The molecule has 0 heterocycles. The molecule has 0 atom stereocenters. The van der Waals surface area contributed by atoms with Crippen molar-refractivity contribution in [1.82, 2.24) is 0 Å². The average Bonchev–Trinajstić information content (AvgIpc) is 2.73. The summed E-state index contributed by atoms with van der Waals surface area (Å²) in [5.74, 6) is 0. The van der Waals surface area contributed by atoms with Crippen LogP contribution in [-0.2, 0) is 21.7 Å². The Morgan fingerprint density at radius 1 is 0.553 bits per heavy atom. The first-order valence-electron chi connectivity index (χ1n) is 13.3. The van der Waals surface area contributed by atoms with E-state index in [-0.39, 0.29) is 21.7 Å². The molecule has 0 aliphatic carbocycles. The lowest BCUT2D eigenvalue weighted by Crippen LogP contribution is -2.39. The van der Waals surface area contributed by atoms with Crippen LogP contribution in [0.5, 0.6) is 0 Å². The van der Waals surface area contributed by atoms with Crippen LogP contribution in [-0.4, -0.2) is 22.0 Å². The van der Waals surface area contributed by atoms with Gasteiger partial charge in [-0.3, -0.25) is 0 Å². The lowest BCUT2D eigenvalue weighted by Gasteiger charge is -2.35. The molecule has 0 saturated carbocycles. The molecule has 6 heteroatoms. The highest BCUT2D eigenvalue weighted by Crippen LogP contribution is 2.39. The minimum Gasteiger partial charge on any atom is -0.321 e. The summed E-state index contributed by atoms with van der Waals surface area (Å²) in [4.78, 5) is 4.05. The summed E-state index contributed by atoms with van der Waals surface area (Å²) < 4.78 is 0.614. The highest BCUT2D eigenvalue weighted by Gasteiger charge is 2.28. The Morgan fingerprint density at radius 3 is 1.05 bits per heavy atom. The van der Waals surface area contributed by atoms with Crippen LogP contribution in [0.15, 0.2) is 36.4 Å². The molecule has 38 heavy (non-hydrogen) atoms.